The van der Waals surface area contributed by atoms with E-state index < -0.39 is 11.9 Å². The first-order valence-electron chi connectivity index (χ1n) is 4.62. The molecule has 0 fully saturated rings. The van der Waals surface area contributed by atoms with Crippen LogP contribution in [0.3, 0.4) is 0 Å². The third-order valence-corrected chi connectivity index (χ3v) is 1.93. The Morgan fingerprint density at radius 2 is 2.00 bits per heavy atom. The van der Waals surface area contributed by atoms with Gasteiger partial charge >= 0.3 is 6.18 Å². The lowest BCUT2D eigenvalue weighted by Crippen LogP contribution is -2.05. The molecule has 0 saturated carbocycles. The number of halogens is 3. The van der Waals surface area contributed by atoms with Gasteiger partial charge in [0.15, 0.2) is 5.69 Å². The molecule has 1 heterocycles. The van der Waals surface area contributed by atoms with Crippen LogP contribution in [0.4, 0.5) is 13.2 Å². The molecule has 0 amide bonds. The van der Waals surface area contributed by atoms with Gasteiger partial charge in [-0.15, -0.1) is 0 Å². The molecule has 80 valence electrons. The second-order valence-corrected chi connectivity index (χ2v) is 3.09. The normalized spacial score (nSPS) is 12.1. The summed E-state index contributed by atoms with van der Waals surface area (Å²) >= 11 is 0. The van der Waals surface area contributed by atoms with Gasteiger partial charge in [0.1, 0.15) is 5.82 Å². The molecule has 1 aromatic heterocycles. The summed E-state index contributed by atoms with van der Waals surface area (Å²) in [7, 11) is 0. The lowest BCUT2D eigenvalue weighted by Gasteiger charge is -2.02. The topological polar surface area (TPSA) is 17.8 Å². The minimum absolute atomic E-state index is 0.499. The number of aryl methyl sites for hydroxylation is 2. The number of imidazole rings is 1. The molecule has 0 unspecified atom stereocenters. The average molecular weight is 206 g/mol. The molecule has 0 atom stereocenters. The predicted molar refractivity (Wildman–Crippen MR) is 46.9 cm³/mol. The summed E-state index contributed by atoms with van der Waals surface area (Å²) in [5.41, 5.74) is -0.789. The van der Waals surface area contributed by atoms with Crippen LogP contribution in [0, 0.1) is 0 Å². The Kier molecular flexibility index (Phi) is 3.18. The van der Waals surface area contributed by atoms with Crippen molar-refractivity contribution in [3.05, 3.63) is 17.7 Å². The van der Waals surface area contributed by atoms with Gasteiger partial charge < -0.3 is 4.57 Å². The quantitative estimate of drug-likeness (QED) is 0.743. The highest BCUT2D eigenvalue weighted by molar-refractivity contribution is 5.07. The lowest BCUT2D eigenvalue weighted by molar-refractivity contribution is -0.141. The maximum atomic E-state index is 12.3. The van der Waals surface area contributed by atoms with Crippen molar-refractivity contribution in [1.82, 2.24) is 9.55 Å². The summed E-state index contributed by atoms with van der Waals surface area (Å²) < 4.78 is 38.4. The van der Waals surface area contributed by atoms with Crippen molar-refractivity contribution in [3.63, 3.8) is 0 Å². The smallest absolute Gasteiger partial charge is 0.334 e. The van der Waals surface area contributed by atoms with Crippen LogP contribution in [-0.4, -0.2) is 9.55 Å². The monoisotopic (exact) mass is 206 g/mol. The van der Waals surface area contributed by atoms with Crippen LogP contribution in [0.15, 0.2) is 6.20 Å². The zero-order chi connectivity index (χ0) is 10.8. The fourth-order valence-corrected chi connectivity index (χ4v) is 1.31. The second-order valence-electron chi connectivity index (χ2n) is 3.09. The molecule has 5 heteroatoms. The molecule has 1 aromatic rings. The Morgan fingerprint density at radius 3 is 2.43 bits per heavy atom. The largest absolute Gasteiger partial charge is 0.434 e. The van der Waals surface area contributed by atoms with Gasteiger partial charge in [-0.05, 0) is 6.42 Å². The first-order chi connectivity index (χ1) is 6.49. The van der Waals surface area contributed by atoms with Crippen molar-refractivity contribution in [2.24, 2.45) is 0 Å². The first kappa shape index (κ1) is 11.1. The summed E-state index contributed by atoms with van der Waals surface area (Å²) in [6.07, 6.45) is -1.91. The van der Waals surface area contributed by atoms with E-state index in [2.05, 4.69) is 4.98 Å². The van der Waals surface area contributed by atoms with Crippen LogP contribution in [0.1, 0.15) is 31.8 Å². The van der Waals surface area contributed by atoms with E-state index in [0.717, 1.165) is 12.6 Å². The van der Waals surface area contributed by atoms with Crippen LogP contribution in [-0.2, 0) is 19.1 Å². The van der Waals surface area contributed by atoms with E-state index in [1.165, 1.54) is 0 Å². The summed E-state index contributed by atoms with van der Waals surface area (Å²) in [4.78, 5) is 3.56. The van der Waals surface area contributed by atoms with E-state index >= 15 is 0 Å². The number of aromatic nitrogens is 2. The number of nitrogens with zero attached hydrogens (tertiary/aromatic N) is 2. The Balaban J connectivity index is 3.00. The second kappa shape index (κ2) is 4.02. The van der Waals surface area contributed by atoms with Gasteiger partial charge in [0.25, 0.3) is 0 Å². The number of hydrogen-bond acceptors (Lipinski definition) is 1. The van der Waals surface area contributed by atoms with Crippen LogP contribution >= 0.6 is 0 Å². The molecule has 0 radical (unpaired) electrons. The summed E-state index contributed by atoms with van der Waals surface area (Å²) in [6, 6.07) is 0. The molecule has 0 bridgehead atoms. The van der Waals surface area contributed by atoms with Crippen molar-refractivity contribution in [3.8, 4) is 0 Å². The van der Waals surface area contributed by atoms with Crippen molar-refractivity contribution in [1.29, 1.82) is 0 Å². The van der Waals surface area contributed by atoms with Crippen LogP contribution in [0.5, 0.6) is 0 Å². The Morgan fingerprint density at radius 1 is 1.36 bits per heavy atom. The zero-order valence-electron chi connectivity index (χ0n) is 8.23. The zero-order valence-corrected chi connectivity index (χ0v) is 8.23. The molecule has 0 spiro atoms. The predicted octanol–water partition coefficient (Wildman–Crippen LogP) is 2.87. The van der Waals surface area contributed by atoms with Crippen molar-refractivity contribution < 1.29 is 13.2 Å². The minimum Gasteiger partial charge on any atom is -0.334 e. The average Bonchev–Trinajstić information content (AvgIpc) is 2.47. The Hall–Kier alpha value is -1.00. The first-order valence-corrected chi connectivity index (χ1v) is 4.62. The molecular formula is C9H13F3N2. The highest BCUT2D eigenvalue weighted by atomic mass is 19.4. The molecular weight excluding hydrogens is 193 g/mol. The maximum Gasteiger partial charge on any atom is 0.434 e. The minimum atomic E-state index is -4.33. The lowest BCUT2D eigenvalue weighted by atomic mass is 10.4. The maximum absolute atomic E-state index is 12.3. The molecule has 0 N–H and O–H groups in total. The molecule has 0 aromatic carbocycles. The molecule has 14 heavy (non-hydrogen) atoms. The van der Waals surface area contributed by atoms with Gasteiger partial charge in [-0.3, -0.25) is 0 Å². The van der Waals surface area contributed by atoms with E-state index in [9.17, 15) is 13.2 Å². The molecule has 0 aliphatic carbocycles. The fourth-order valence-electron chi connectivity index (χ4n) is 1.31. The summed E-state index contributed by atoms with van der Waals surface area (Å²) in [5.74, 6) is 0.499. The van der Waals surface area contributed by atoms with Gasteiger partial charge in [-0.1, -0.05) is 13.8 Å². The van der Waals surface area contributed by atoms with Crippen molar-refractivity contribution in [2.45, 2.75) is 39.4 Å². The summed E-state index contributed by atoms with van der Waals surface area (Å²) in [5, 5.41) is 0. The standard InChI is InChI=1S/C9H13F3N2/c1-3-5-14-6-7(9(10,11)12)13-8(14)4-2/h6H,3-5H2,1-2H3. The van der Waals surface area contributed by atoms with Gasteiger partial charge in [0, 0.05) is 19.2 Å². The van der Waals surface area contributed by atoms with Gasteiger partial charge in [-0.25, -0.2) is 4.98 Å². The molecule has 0 aliphatic rings. The Bertz CT molecular complexity index is 301. The van der Waals surface area contributed by atoms with Gasteiger partial charge in [-0.2, -0.15) is 13.2 Å². The van der Waals surface area contributed by atoms with E-state index in [-0.39, 0.29) is 0 Å². The molecule has 1 rings (SSSR count). The molecule has 2 nitrogen and oxygen atoms in total. The number of alkyl halides is 3. The van der Waals surface area contributed by atoms with E-state index in [0.29, 0.717) is 18.8 Å². The van der Waals surface area contributed by atoms with Crippen molar-refractivity contribution >= 4 is 0 Å². The molecule has 0 aliphatic heterocycles. The third kappa shape index (κ3) is 2.27. The highest BCUT2D eigenvalue weighted by Crippen LogP contribution is 2.28. The number of hydrogen-bond donors (Lipinski definition) is 0. The highest BCUT2D eigenvalue weighted by Gasteiger charge is 2.34. The van der Waals surface area contributed by atoms with Crippen LogP contribution in [0.2, 0.25) is 0 Å². The summed E-state index contributed by atoms with van der Waals surface area (Å²) in [6.45, 7) is 4.31. The van der Waals surface area contributed by atoms with Crippen molar-refractivity contribution in [2.75, 3.05) is 0 Å². The van der Waals surface area contributed by atoms with E-state index in [1.54, 1.807) is 11.5 Å². The fraction of sp³-hybridized carbons (Fsp3) is 0.667. The SMILES string of the molecule is CCCn1cc(C(F)(F)F)nc1CC. The van der Waals surface area contributed by atoms with E-state index in [1.807, 2.05) is 6.92 Å². The Labute approximate surface area is 80.8 Å². The van der Waals surface area contributed by atoms with Gasteiger partial charge in [0.05, 0.1) is 0 Å². The van der Waals surface area contributed by atoms with E-state index in [4.69, 9.17) is 0 Å². The molecule has 0 saturated heterocycles. The third-order valence-electron chi connectivity index (χ3n) is 1.93. The van der Waals surface area contributed by atoms with Crippen LogP contribution in [0.25, 0.3) is 0 Å². The van der Waals surface area contributed by atoms with Gasteiger partial charge in [0.2, 0.25) is 0 Å². The number of rotatable bonds is 3. The van der Waals surface area contributed by atoms with Crippen LogP contribution < -0.4 is 0 Å².